The summed E-state index contributed by atoms with van der Waals surface area (Å²) >= 11 is 0. The van der Waals surface area contributed by atoms with E-state index in [9.17, 15) is 13.2 Å². The fraction of sp³-hybridized carbons (Fsp3) is 0.467. The van der Waals surface area contributed by atoms with Crippen LogP contribution in [0.25, 0.3) is 10.9 Å². The van der Waals surface area contributed by atoms with Crippen molar-refractivity contribution in [1.82, 2.24) is 10.3 Å². The van der Waals surface area contributed by atoms with E-state index in [1.54, 1.807) is 0 Å². The van der Waals surface area contributed by atoms with Gasteiger partial charge in [-0.25, -0.2) is 13.2 Å². The molecule has 1 atom stereocenters. The van der Waals surface area contributed by atoms with Gasteiger partial charge in [-0.2, -0.15) is 0 Å². The van der Waals surface area contributed by atoms with Gasteiger partial charge in [0, 0.05) is 28.8 Å². The first-order chi connectivity index (χ1) is 9.63. The third kappa shape index (κ3) is 2.00. The SMILES string of the molecule is CCNC1CCCCc2[nH]c3cc(F)c(F)c(F)c3c21. The van der Waals surface area contributed by atoms with Crippen molar-refractivity contribution in [2.24, 2.45) is 0 Å². The molecule has 0 aliphatic heterocycles. The third-order valence-electron chi connectivity index (χ3n) is 4.01. The van der Waals surface area contributed by atoms with Crippen LogP contribution in [0.3, 0.4) is 0 Å². The number of hydrogen-bond donors (Lipinski definition) is 2. The molecular formula is C15H17F3N2. The molecule has 20 heavy (non-hydrogen) atoms. The molecule has 2 aromatic rings. The predicted molar refractivity (Wildman–Crippen MR) is 72.1 cm³/mol. The topological polar surface area (TPSA) is 27.8 Å². The first-order valence-corrected chi connectivity index (χ1v) is 7.04. The average molecular weight is 282 g/mol. The molecular weight excluding hydrogens is 265 g/mol. The lowest BCUT2D eigenvalue weighted by atomic mass is 10.00. The first-order valence-electron chi connectivity index (χ1n) is 7.04. The van der Waals surface area contributed by atoms with Gasteiger partial charge in [-0.1, -0.05) is 13.3 Å². The van der Waals surface area contributed by atoms with E-state index >= 15 is 0 Å². The maximum absolute atomic E-state index is 14.2. The lowest BCUT2D eigenvalue weighted by Gasteiger charge is -2.17. The van der Waals surface area contributed by atoms with E-state index in [-0.39, 0.29) is 11.4 Å². The fourth-order valence-electron chi connectivity index (χ4n) is 3.16. The zero-order valence-corrected chi connectivity index (χ0v) is 11.3. The van der Waals surface area contributed by atoms with E-state index < -0.39 is 17.5 Å². The number of aromatic nitrogens is 1. The standard InChI is InChI=1S/C15H17F3N2/c1-2-19-9-5-3-4-6-10-12(9)13-11(20-10)7-8(16)14(17)15(13)18/h7,9,19-20H,2-6H2,1H3. The summed E-state index contributed by atoms with van der Waals surface area (Å²) in [7, 11) is 0. The highest BCUT2D eigenvalue weighted by Gasteiger charge is 2.27. The summed E-state index contributed by atoms with van der Waals surface area (Å²) in [5, 5.41) is 3.52. The lowest BCUT2D eigenvalue weighted by Crippen LogP contribution is -2.21. The minimum Gasteiger partial charge on any atom is -0.358 e. The highest BCUT2D eigenvalue weighted by atomic mass is 19.2. The molecule has 1 aliphatic carbocycles. The molecule has 0 amide bonds. The molecule has 0 spiro atoms. The van der Waals surface area contributed by atoms with E-state index in [1.165, 1.54) is 0 Å². The fourth-order valence-corrected chi connectivity index (χ4v) is 3.16. The number of halogens is 3. The Bertz CT molecular complexity index is 648. The van der Waals surface area contributed by atoms with Crippen LogP contribution in [0.4, 0.5) is 13.2 Å². The minimum absolute atomic E-state index is 0.00869. The number of benzene rings is 1. The molecule has 3 rings (SSSR count). The second-order valence-electron chi connectivity index (χ2n) is 5.28. The van der Waals surface area contributed by atoms with Crippen molar-refractivity contribution in [2.75, 3.05) is 6.54 Å². The van der Waals surface area contributed by atoms with Crippen LogP contribution in [-0.2, 0) is 6.42 Å². The molecule has 108 valence electrons. The normalized spacial score (nSPS) is 19.1. The Labute approximate surface area is 115 Å². The van der Waals surface area contributed by atoms with Gasteiger partial charge in [0.25, 0.3) is 0 Å². The molecule has 0 bridgehead atoms. The van der Waals surface area contributed by atoms with Crippen LogP contribution in [0.1, 0.15) is 43.5 Å². The van der Waals surface area contributed by atoms with Crippen LogP contribution in [0.5, 0.6) is 0 Å². The number of aryl methyl sites for hydroxylation is 1. The Morgan fingerprint density at radius 3 is 2.80 bits per heavy atom. The molecule has 1 aromatic carbocycles. The molecule has 1 unspecified atom stereocenters. The van der Waals surface area contributed by atoms with E-state index in [0.717, 1.165) is 49.6 Å². The molecule has 0 saturated heterocycles. The van der Waals surface area contributed by atoms with Crippen molar-refractivity contribution in [3.05, 3.63) is 34.8 Å². The molecule has 0 saturated carbocycles. The van der Waals surface area contributed by atoms with Crippen LogP contribution in [0.15, 0.2) is 6.07 Å². The first kappa shape index (κ1) is 13.5. The molecule has 1 aromatic heterocycles. The Balaban J connectivity index is 2.27. The van der Waals surface area contributed by atoms with E-state index in [2.05, 4.69) is 10.3 Å². The van der Waals surface area contributed by atoms with Gasteiger partial charge < -0.3 is 10.3 Å². The Hall–Kier alpha value is -1.49. The quantitative estimate of drug-likeness (QED) is 0.633. The molecule has 1 heterocycles. The molecule has 1 aliphatic rings. The summed E-state index contributed by atoms with van der Waals surface area (Å²) in [4.78, 5) is 3.07. The summed E-state index contributed by atoms with van der Waals surface area (Å²) in [6.45, 7) is 2.73. The number of rotatable bonds is 2. The zero-order valence-electron chi connectivity index (χ0n) is 11.3. The maximum atomic E-state index is 14.2. The second kappa shape index (κ2) is 5.13. The molecule has 2 nitrogen and oxygen atoms in total. The number of fused-ring (bicyclic) bond motifs is 3. The average Bonchev–Trinajstić information content (AvgIpc) is 2.67. The van der Waals surface area contributed by atoms with Crippen LogP contribution in [-0.4, -0.2) is 11.5 Å². The van der Waals surface area contributed by atoms with Gasteiger partial charge in [0.1, 0.15) is 0 Å². The second-order valence-corrected chi connectivity index (χ2v) is 5.28. The van der Waals surface area contributed by atoms with Crippen molar-refractivity contribution >= 4 is 10.9 Å². The van der Waals surface area contributed by atoms with Gasteiger partial charge in [0.15, 0.2) is 17.5 Å². The smallest absolute Gasteiger partial charge is 0.195 e. The van der Waals surface area contributed by atoms with Crippen LogP contribution >= 0.6 is 0 Å². The zero-order chi connectivity index (χ0) is 14.3. The van der Waals surface area contributed by atoms with Crippen molar-refractivity contribution in [2.45, 2.75) is 38.6 Å². The van der Waals surface area contributed by atoms with Gasteiger partial charge in [-0.15, -0.1) is 0 Å². The molecule has 0 fully saturated rings. The van der Waals surface area contributed by atoms with Gasteiger partial charge in [-0.3, -0.25) is 0 Å². The number of aromatic amines is 1. The number of hydrogen-bond acceptors (Lipinski definition) is 1. The summed E-state index contributed by atoms with van der Waals surface area (Å²) in [6.07, 6.45) is 3.70. The predicted octanol–water partition coefficient (Wildman–Crippen LogP) is 3.96. The van der Waals surface area contributed by atoms with Gasteiger partial charge in [-0.05, 0) is 25.8 Å². The monoisotopic (exact) mass is 282 g/mol. The van der Waals surface area contributed by atoms with Crippen molar-refractivity contribution < 1.29 is 13.2 Å². The van der Waals surface area contributed by atoms with E-state index in [0.29, 0.717) is 5.52 Å². The molecule has 0 radical (unpaired) electrons. The van der Waals surface area contributed by atoms with Crippen molar-refractivity contribution in [3.63, 3.8) is 0 Å². The highest BCUT2D eigenvalue weighted by Crippen LogP contribution is 2.37. The van der Waals surface area contributed by atoms with Crippen LogP contribution in [0, 0.1) is 17.5 Å². The molecule has 2 N–H and O–H groups in total. The highest BCUT2D eigenvalue weighted by molar-refractivity contribution is 5.86. The van der Waals surface area contributed by atoms with Gasteiger partial charge >= 0.3 is 0 Å². The Morgan fingerprint density at radius 1 is 1.25 bits per heavy atom. The summed E-state index contributed by atoms with van der Waals surface area (Å²) in [5.74, 6) is -3.62. The third-order valence-corrected chi connectivity index (χ3v) is 4.01. The van der Waals surface area contributed by atoms with E-state index in [1.807, 2.05) is 6.92 Å². The largest absolute Gasteiger partial charge is 0.358 e. The van der Waals surface area contributed by atoms with E-state index in [4.69, 9.17) is 0 Å². The summed E-state index contributed by atoms with van der Waals surface area (Å²) in [6, 6.07) is 1.04. The van der Waals surface area contributed by atoms with Gasteiger partial charge in [0.05, 0.1) is 5.52 Å². The number of H-pyrrole nitrogens is 1. The summed E-state index contributed by atoms with van der Waals surface area (Å²) < 4.78 is 41.1. The lowest BCUT2D eigenvalue weighted by molar-refractivity contribution is 0.451. The Kier molecular flexibility index (Phi) is 3.46. The minimum atomic E-state index is -1.39. The van der Waals surface area contributed by atoms with Gasteiger partial charge in [0.2, 0.25) is 0 Å². The van der Waals surface area contributed by atoms with Crippen LogP contribution < -0.4 is 5.32 Å². The summed E-state index contributed by atoms with van der Waals surface area (Å²) in [5.41, 5.74) is 2.01. The Morgan fingerprint density at radius 2 is 2.05 bits per heavy atom. The van der Waals surface area contributed by atoms with Crippen molar-refractivity contribution in [3.8, 4) is 0 Å². The number of nitrogens with one attached hydrogen (secondary N) is 2. The molecule has 5 heteroatoms. The van der Waals surface area contributed by atoms with Crippen molar-refractivity contribution in [1.29, 1.82) is 0 Å². The van der Waals surface area contributed by atoms with Crippen LogP contribution in [0.2, 0.25) is 0 Å². The maximum Gasteiger partial charge on any atom is 0.195 e.